The van der Waals surface area contributed by atoms with Crippen molar-refractivity contribution in [1.82, 2.24) is 15.1 Å². The second-order valence-corrected chi connectivity index (χ2v) is 6.61. The van der Waals surface area contributed by atoms with Crippen LogP contribution in [0, 0.1) is 0 Å². The normalized spacial score (nSPS) is 12.4. The molecule has 2 aromatic heterocycles. The second-order valence-electron chi connectivity index (χ2n) is 5.67. The molecule has 0 bridgehead atoms. The smallest absolute Gasteiger partial charge is 0.257 e. The van der Waals surface area contributed by atoms with Gasteiger partial charge in [0.25, 0.3) is 5.89 Å². The van der Waals surface area contributed by atoms with E-state index >= 15 is 0 Å². The van der Waals surface area contributed by atoms with Crippen molar-refractivity contribution in [3.63, 3.8) is 0 Å². The van der Waals surface area contributed by atoms with E-state index in [1.54, 1.807) is 25.6 Å². The van der Waals surface area contributed by atoms with Gasteiger partial charge in [-0.15, -0.1) is 21.5 Å². The molecule has 0 saturated carbocycles. The fraction of sp³-hybridized carbons (Fsp3) is 0.333. The summed E-state index contributed by atoms with van der Waals surface area (Å²) in [6.45, 7) is 2.70. The summed E-state index contributed by atoms with van der Waals surface area (Å²) in [5, 5.41) is 10.3. The number of thiophene rings is 1. The summed E-state index contributed by atoms with van der Waals surface area (Å²) in [5.41, 5.74) is 1.04. The topological polar surface area (TPSA) is 60.6 Å². The minimum Gasteiger partial charge on any atom is -0.493 e. The summed E-state index contributed by atoms with van der Waals surface area (Å²) in [7, 11) is 5.30. The van der Waals surface area contributed by atoms with Crippen molar-refractivity contribution in [2.24, 2.45) is 0 Å². The van der Waals surface area contributed by atoms with E-state index in [1.807, 2.05) is 49.7 Å². The first-order valence-corrected chi connectivity index (χ1v) is 8.79. The zero-order chi connectivity index (χ0) is 17.8. The molecule has 3 aromatic rings. The Labute approximate surface area is 151 Å². The number of rotatable bonds is 7. The van der Waals surface area contributed by atoms with Gasteiger partial charge in [-0.05, 0) is 31.5 Å². The van der Waals surface area contributed by atoms with Gasteiger partial charge in [0.05, 0.1) is 25.1 Å². The van der Waals surface area contributed by atoms with E-state index in [4.69, 9.17) is 13.9 Å². The molecule has 3 rings (SSSR count). The number of ether oxygens (including phenoxy) is 2. The lowest BCUT2D eigenvalue weighted by atomic mass is 10.1. The monoisotopic (exact) mass is 359 g/mol. The van der Waals surface area contributed by atoms with Crippen molar-refractivity contribution in [2.75, 3.05) is 21.3 Å². The van der Waals surface area contributed by atoms with Gasteiger partial charge in [0.15, 0.2) is 11.5 Å². The first kappa shape index (κ1) is 17.4. The number of hydrogen-bond acceptors (Lipinski definition) is 7. The van der Waals surface area contributed by atoms with Gasteiger partial charge >= 0.3 is 0 Å². The SMILES string of the molecule is COc1cccc(CN(C)C(C)c2nnc(-c3cccs3)o2)c1OC. The van der Waals surface area contributed by atoms with Crippen LogP contribution in [-0.2, 0) is 6.54 Å². The van der Waals surface area contributed by atoms with Crippen molar-refractivity contribution in [2.45, 2.75) is 19.5 Å². The van der Waals surface area contributed by atoms with Crippen molar-refractivity contribution in [1.29, 1.82) is 0 Å². The Morgan fingerprint density at radius 1 is 1.16 bits per heavy atom. The molecule has 6 nitrogen and oxygen atoms in total. The van der Waals surface area contributed by atoms with Crippen molar-refractivity contribution < 1.29 is 13.9 Å². The molecule has 0 fully saturated rings. The number of para-hydroxylation sites is 1. The quantitative estimate of drug-likeness (QED) is 0.635. The van der Waals surface area contributed by atoms with Crippen LogP contribution >= 0.6 is 11.3 Å². The Morgan fingerprint density at radius 3 is 2.68 bits per heavy atom. The summed E-state index contributed by atoms with van der Waals surface area (Å²) < 4.78 is 16.7. The molecule has 0 N–H and O–H groups in total. The first-order valence-electron chi connectivity index (χ1n) is 7.91. The van der Waals surface area contributed by atoms with E-state index in [0.29, 0.717) is 18.3 Å². The van der Waals surface area contributed by atoms with Gasteiger partial charge in [-0.2, -0.15) is 0 Å². The molecule has 0 amide bonds. The van der Waals surface area contributed by atoms with Crippen molar-refractivity contribution in [3.05, 3.63) is 47.2 Å². The van der Waals surface area contributed by atoms with Crippen LogP contribution < -0.4 is 9.47 Å². The van der Waals surface area contributed by atoms with Gasteiger partial charge in [0.1, 0.15) is 0 Å². The number of aromatic nitrogens is 2. The molecular weight excluding hydrogens is 338 g/mol. The predicted octanol–water partition coefficient (Wildman–Crippen LogP) is 4.01. The van der Waals surface area contributed by atoms with Crippen LogP contribution in [0.1, 0.15) is 24.4 Å². The van der Waals surface area contributed by atoms with Crippen molar-refractivity contribution in [3.8, 4) is 22.3 Å². The Bertz CT molecular complexity index is 817. The predicted molar refractivity (Wildman–Crippen MR) is 97.0 cm³/mol. The van der Waals surface area contributed by atoms with Crippen LogP contribution in [0.5, 0.6) is 11.5 Å². The minimum atomic E-state index is -0.0304. The minimum absolute atomic E-state index is 0.0304. The standard InChI is InChI=1S/C18H21N3O3S/c1-12(17-19-20-18(24-17)15-9-6-10-25-15)21(2)11-13-7-5-8-14(22-3)16(13)23-4/h5-10,12H,11H2,1-4H3. The molecule has 0 saturated heterocycles. The Hall–Kier alpha value is -2.38. The molecule has 25 heavy (non-hydrogen) atoms. The van der Waals surface area contributed by atoms with Crippen LogP contribution in [0.25, 0.3) is 10.8 Å². The van der Waals surface area contributed by atoms with Gasteiger partial charge < -0.3 is 13.9 Å². The average molecular weight is 359 g/mol. The highest BCUT2D eigenvalue weighted by atomic mass is 32.1. The third-order valence-electron chi connectivity index (χ3n) is 4.10. The highest BCUT2D eigenvalue weighted by Crippen LogP contribution is 2.33. The zero-order valence-electron chi connectivity index (χ0n) is 14.7. The number of benzene rings is 1. The van der Waals surface area contributed by atoms with Gasteiger partial charge in [0, 0.05) is 12.1 Å². The molecule has 7 heteroatoms. The molecule has 1 atom stereocenters. The van der Waals surface area contributed by atoms with E-state index in [0.717, 1.165) is 21.9 Å². The molecule has 0 spiro atoms. The lowest BCUT2D eigenvalue weighted by Crippen LogP contribution is -2.22. The lowest BCUT2D eigenvalue weighted by molar-refractivity contribution is 0.214. The summed E-state index contributed by atoms with van der Waals surface area (Å²) in [5.74, 6) is 2.62. The molecule has 1 aromatic carbocycles. The maximum atomic E-state index is 5.84. The summed E-state index contributed by atoms with van der Waals surface area (Å²) in [4.78, 5) is 3.10. The van der Waals surface area contributed by atoms with Gasteiger partial charge in [0.2, 0.25) is 5.89 Å². The first-order chi connectivity index (χ1) is 12.1. The molecule has 2 heterocycles. The molecule has 1 unspecified atom stereocenters. The third-order valence-corrected chi connectivity index (χ3v) is 4.95. The highest BCUT2D eigenvalue weighted by Gasteiger charge is 2.21. The maximum absolute atomic E-state index is 5.84. The number of hydrogen-bond donors (Lipinski definition) is 0. The third kappa shape index (κ3) is 3.67. The zero-order valence-corrected chi connectivity index (χ0v) is 15.5. The van der Waals surface area contributed by atoms with Crippen LogP contribution in [0.4, 0.5) is 0 Å². The van der Waals surface area contributed by atoms with E-state index in [9.17, 15) is 0 Å². The van der Waals surface area contributed by atoms with Crippen LogP contribution in [0.2, 0.25) is 0 Å². The number of methoxy groups -OCH3 is 2. The summed E-state index contributed by atoms with van der Waals surface area (Å²) in [6.07, 6.45) is 0. The van der Waals surface area contributed by atoms with Crippen LogP contribution in [-0.4, -0.2) is 36.4 Å². The van der Waals surface area contributed by atoms with E-state index < -0.39 is 0 Å². The van der Waals surface area contributed by atoms with Gasteiger partial charge in [-0.3, -0.25) is 4.90 Å². The van der Waals surface area contributed by atoms with Crippen LogP contribution in [0.3, 0.4) is 0 Å². The average Bonchev–Trinajstić information content (AvgIpc) is 3.31. The molecular formula is C18H21N3O3S. The fourth-order valence-corrected chi connectivity index (χ4v) is 3.22. The van der Waals surface area contributed by atoms with E-state index in [1.165, 1.54) is 0 Å². The molecule has 0 aliphatic rings. The second kappa shape index (κ2) is 7.67. The highest BCUT2D eigenvalue weighted by molar-refractivity contribution is 7.13. The van der Waals surface area contributed by atoms with E-state index in [2.05, 4.69) is 15.1 Å². The lowest BCUT2D eigenvalue weighted by Gasteiger charge is -2.23. The Kier molecular flexibility index (Phi) is 5.35. The molecule has 132 valence electrons. The molecule has 0 radical (unpaired) electrons. The van der Waals surface area contributed by atoms with E-state index in [-0.39, 0.29) is 6.04 Å². The molecule has 0 aliphatic heterocycles. The van der Waals surface area contributed by atoms with Gasteiger partial charge in [-0.1, -0.05) is 18.2 Å². The summed E-state index contributed by atoms with van der Waals surface area (Å²) >= 11 is 1.58. The maximum Gasteiger partial charge on any atom is 0.257 e. The van der Waals surface area contributed by atoms with Crippen LogP contribution in [0.15, 0.2) is 40.1 Å². The van der Waals surface area contributed by atoms with Gasteiger partial charge in [-0.25, -0.2) is 0 Å². The Morgan fingerprint density at radius 2 is 2.00 bits per heavy atom. The fourth-order valence-electron chi connectivity index (χ4n) is 2.58. The van der Waals surface area contributed by atoms with Crippen molar-refractivity contribution >= 4 is 11.3 Å². The largest absolute Gasteiger partial charge is 0.493 e. The Balaban J connectivity index is 1.76. The summed E-state index contributed by atoms with van der Waals surface area (Å²) in [6, 6.07) is 9.77. The molecule has 0 aliphatic carbocycles. The number of nitrogens with zero attached hydrogens (tertiary/aromatic N) is 3.